The van der Waals surface area contributed by atoms with Crippen molar-refractivity contribution in [2.75, 3.05) is 13.1 Å². The molecule has 0 fully saturated rings. The number of hydrogen-bond donors (Lipinski definition) is 0. The predicted octanol–water partition coefficient (Wildman–Crippen LogP) is 1.27. The number of hydrogen-bond acceptors (Lipinski definition) is 1. The Balaban J connectivity index is 3.64. The smallest absolute Gasteiger partial charge is 0.378 e. The van der Waals surface area contributed by atoms with E-state index in [4.69, 9.17) is 0 Å². The van der Waals surface area contributed by atoms with Gasteiger partial charge in [0.2, 0.25) is 0 Å². The second kappa shape index (κ2) is 4.67. The summed E-state index contributed by atoms with van der Waals surface area (Å²) in [5.74, 6) is 0. The van der Waals surface area contributed by atoms with Crippen molar-refractivity contribution in [3.8, 4) is 0 Å². The molecule has 0 rings (SSSR count). The standard InChI is InChI=1S/C6H15NOSi/c1-4-7(5-2)9(8)6-3/h4-6H2,1-3H3. The third-order valence-electron chi connectivity index (χ3n) is 1.42. The fraction of sp³-hybridized carbons (Fsp3) is 1.00. The summed E-state index contributed by atoms with van der Waals surface area (Å²) in [6.45, 7) is 7.90. The van der Waals surface area contributed by atoms with Gasteiger partial charge in [-0.05, 0) is 13.8 Å². The molecule has 54 valence electrons. The van der Waals surface area contributed by atoms with Crippen LogP contribution in [-0.2, 0) is 4.46 Å². The van der Waals surface area contributed by atoms with Crippen LogP contribution in [0.5, 0.6) is 0 Å². The maximum absolute atomic E-state index is 11.1. The monoisotopic (exact) mass is 145 g/mol. The van der Waals surface area contributed by atoms with E-state index in [2.05, 4.69) is 0 Å². The van der Waals surface area contributed by atoms with E-state index in [1.807, 2.05) is 25.3 Å². The molecule has 0 aliphatic carbocycles. The van der Waals surface area contributed by atoms with Crippen molar-refractivity contribution in [2.45, 2.75) is 26.8 Å². The number of rotatable bonds is 4. The predicted molar refractivity (Wildman–Crippen MR) is 39.8 cm³/mol. The average molecular weight is 145 g/mol. The summed E-state index contributed by atoms with van der Waals surface area (Å²) in [5.41, 5.74) is 0. The third kappa shape index (κ3) is 2.74. The molecule has 0 N–H and O–H groups in total. The van der Waals surface area contributed by atoms with Crippen LogP contribution in [0.4, 0.5) is 0 Å². The topological polar surface area (TPSA) is 20.3 Å². The van der Waals surface area contributed by atoms with E-state index in [0.29, 0.717) is 0 Å². The third-order valence-corrected chi connectivity index (χ3v) is 3.36. The van der Waals surface area contributed by atoms with Gasteiger partial charge in [-0.3, -0.25) is 0 Å². The van der Waals surface area contributed by atoms with Crippen molar-refractivity contribution in [3.05, 3.63) is 0 Å². The Labute approximate surface area is 58.6 Å². The quantitative estimate of drug-likeness (QED) is 0.555. The molecular weight excluding hydrogens is 130 g/mol. The zero-order valence-corrected chi connectivity index (χ0v) is 7.48. The van der Waals surface area contributed by atoms with Crippen LogP contribution < -0.4 is 0 Å². The minimum absolute atomic E-state index is 0.812. The van der Waals surface area contributed by atoms with Crippen molar-refractivity contribution in [1.82, 2.24) is 4.57 Å². The Morgan fingerprint density at radius 3 is 1.78 bits per heavy atom. The molecule has 0 unspecified atom stereocenters. The Hall–Kier alpha value is -0.183. The summed E-state index contributed by atoms with van der Waals surface area (Å²) in [7, 11) is -1.39. The normalized spacial score (nSPS) is 9.22. The zero-order chi connectivity index (χ0) is 7.28. The van der Waals surface area contributed by atoms with Crippen LogP contribution in [0.2, 0.25) is 6.04 Å². The highest BCUT2D eigenvalue weighted by Gasteiger charge is 2.07. The van der Waals surface area contributed by atoms with Crippen molar-refractivity contribution in [2.24, 2.45) is 0 Å². The van der Waals surface area contributed by atoms with Gasteiger partial charge in [0.15, 0.2) is 0 Å². The minimum Gasteiger partial charge on any atom is -0.378 e. The maximum atomic E-state index is 11.1. The fourth-order valence-electron chi connectivity index (χ4n) is 0.800. The molecule has 0 aliphatic rings. The molecular formula is C6H15NOSi. The Morgan fingerprint density at radius 1 is 1.22 bits per heavy atom. The van der Waals surface area contributed by atoms with Crippen molar-refractivity contribution < 1.29 is 4.46 Å². The van der Waals surface area contributed by atoms with Crippen LogP contribution in [0.3, 0.4) is 0 Å². The molecule has 0 atom stereocenters. The van der Waals surface area contributed by atoms with Gasteiger partial charge in [-0.2, -0.15) is 0 Å². The van der Waals surface area contributed by atoms with Crippen LogP contribution >= 0.6 is 0 Å². The first-order valence-corrected chi connectivity index (χ1v) is 5.10. The van der Waals surface area contributed by atoms with E-state index in [1.54, 1.807) is 0 Å². The fourth-order valence-corrected chi connectivity index (χ4v) is 1.95. The molecule has 2 nitrogen and oxygen atoms in total. The zero-order valence-electron chi connectivity index (χ0n) is 6.48. The van der Waals surface area contributed by atoms with E-state index in [1.165, 1.54) is 0 Å². The molecule has 0 aromatic carbocycles. The molecule has 0 radical (unpaired) electrons. The molecule has 0 spiro atoms. The second-order valence-electron chi connectivity index (χ2n) is 1.92. The van der Waals surface area contributed by atoms with Crippen LogP contribution in [-0.4, -0.2) is 26.5 Å². The van der Waals surface area contributed by atoms with E-state index in [9.17, 15) is 4.46 Å². The molecule has 0 aliphatic heterocycles. The molecule has 3 heteroatoms. The van der Waals surface area contributed by atoms with Gasteiger partial charge in [-0.25, -0.2) is 0 Å². The minimum atomic E-state index is -1.39. The molecule has 0 aromatic heterocycles. The van der Waals surface area contributed by atoms with E-state index in [-0.39, 0.29) is 0 Å². The van der Waals surface area contributed by atoms with Gasteiger partial charge in [0.25, 0.3) is 0 Å². The van der Waals surface area contributed by atoms with Gasteiger partial charge in [-0.1, -0.05) is 6.92 Å². The van der Waals surface area contributed by atoms with Gasteiger partial charge >= 0.3 is 8.84 Å². The van der Waals surface area contributed by atoms with Crippen LogP contribution in [0.25, 0.3) is 0 Å². The van der Waals surface area contributed by atoms with Gasteiger partial charge in [0.05, 0.1) is 0 Å². The summed E-state index contributed by atoms with van der Waals surface area (Å²) in [5, 5.41) is 0. The van der Waals surface area contributed by atoms with Crippen LogP contribution in [0, 0.1) is 0 Å². The summed E-state index contributed by atoms with van der Waals surface area (Å²) in [6, 6.07) is 0.812. The molecule has 0 amide bonds. The Kier molecular flexibility index (Phi) is 4.58. The van der Waals surface area contributed by atoms with Crippen LogP contribution in [0.1, 0.15) is 20.8 Å². The lowest BCUT2D eigenvalue weighted by Gasteiger charge is -2.16. The SMILES string of the molecule is CCN(CC)[Si](=O)CC. The molecule has 0 saturated carbocycles. The van der Waals surface area contributed by atoms with Crippen molar-refractivity contribution >= 4 is 8.84 Å². The lowest BCUT2D eigenvalue weighted by molar-refractivity contribution is 0.419. The lowest BCUT2D eigenvalue weighted by Crippen LogP contribution is -2.31. The summed E-state index contributed by atoms with van der Waals surface area (Å²) in [6.07, 6.45) is 0. The van der Waals surface area contributed by atoms with Gasteiger partial charge < -0.3 is 9.03 Å². The first-order chi connectivity index (χ1) is 4.26. The highest BCUT2D eigenvalue weighted by molar-refractivity contribution is 6.39. The molecule has 0 bridgehead atoms. The van der Waals surface area contributed by atoms with Crippen molar-refractivity contribution in [1.29, 1.82) is 0 Å². The second-order valence-corrected chi connectivity index (χ2v) is 4.05. The molecule has 0 saturated heterocycles. The van der Waals surface area contributed by atoms with Gasteiger partial charge in [0, 0.05) is 19.1 Å². The molecule has 0 aromatic rings. The largest absolute Gasteiger partial charge is 0.394 e. The maximum Gasteiger partial charge on any atom is 0.394 e. The van der Waals surface area contributed by atoms with Gasteiger partial charge in [0.1, 0.15) is 0 Å². The first kappa shape index (κ1) is 8.82. The average Bonchev–Trinajstić information content (AvgIpc) is 1.90. The Bertz CT molecular complexity index is 91.1. The van der Waals surface area contributed by atoms with E-state index < -0.39 is 8.84 Å². The number of nitrogens with zero attached hydrogens (tertiary/aromatic N) is 1. The van der Waals surface area contributed by atoms with Crippen LogP contribution in [0.15, 0.2) is 0 Å². The molecule has 9 heavy (non-hydrogen) atoms. The van der Waals surface area contributed by atoms with Gasteiger partial charge in [-0.15, -0.1) is 0 Å². The lowest BCUT2D eigenvalue weighted by atomic mass is 10.7. The summed E-state index contributed by atoms with van der Waals surface area (Å²) >= 11 is 0. The highest BCUT2D eigenvalue weighted by atomic mass is 28.3. The Morgan fingerprint density at radius 2 is 1.67 bits per heavy atom. The van der Waals surface area contributed by atoms with Crippen molar-refractivity contribution in [3.63, 3.8) is 0 Å². The molecule has 0 heterocycles. The summed E-state index contributed by atoms with van der Waals surface area (Å²) < 4.78 is 13.1. The first-order valence-electron chi connectivity index (χ1n) is 3.54. The van der Waals surface area contributed by atoms with E-state index >= 15 is 0 Å². The summed E-state index contributed by atoms with van der Waals surface area (Å²) in [4.78, 5) is 0. The highest BCUT2D eigenvalue weighted by Crippen LogP contribution is 1.90. The van der Waals surface area contributed by atoms with E-state index in [0.717, 1.165) is 19.1 Å².